The van der Waals surface area contributed by atoms with E-state index in [2.05, 4.69) is 19.2 Å². The van der Waals surface area contributed by atoms with Crippen molar-refractivity contribution in [1.29, 1.82) is 0 Å². The van der Waals surface area contributed by atoms with Crippen LogP contribution in [0.15, 0.2) is 54.6 Å². The van der Waals surface area contributed by atoms with Crippen molar-refractivity contribution >= 4 is 29.2 Å². The zero-order valence-corrected chi connectivity index (χ0v) is 17.0. The zero-order valence-electron chi connectivity index (χ0n) is 16.3. The van der Waals surface area contributed by atoms with Crippen LogP contribution in [0, 0.1) is 5.92 Å². The van der Waals surface area contributed by atoms with Crippen LogP contribution in [0.4, 0.5) is 10.5 Å². The molecule has 1 unspecified atom stereocenters. The van der Waals surface area contributed by atoms with Gasteiger partial charge in [0, 0.05) is 36.9 Å². The van der Waals surface area contributed by atoms with E-state index in [4.69, 9.17) is 11.6 Å². The Balaban J connectivity index is 1.58. The summed E-state index contributed by atoms with van der Waals surface area (Å²) < 4.78 is 0. The Bertz CT molecular complexity index is 800. The third-order valence-electron chi connectivity index (χ3n) is 5.07. The van der Waals surface area contributed by atoms with Gasteiger partial charge in [-0.1, -0.05) is 55.8 Å². The first kappa shape index (κ1) is 20.2. The number of urea groups is 1. The molecule has 1 saturated heterocycles. The Kier molecular flexibility index (Phi) is 6.57. The highest BCUT2D eigenvalue weighted by Crippen LogP contribution is 2.27. The van der Waals surface area contributed by atoms with Crippen LogP contribution in [-0.4, -0.2) is 47.9 Å². The minimum Gasteiger partial charge on any atom is -0.339 e. The molecule has 2 aromatic carbocycles. The molecule has 3 amide bonds. The maximum absolute atomic E-state index is 13.1. The van der Waals surface area contributed by atoms with E-state index in [-0.39, 0.29) is 23.8 Å². The highest BCUT2D eigenvalue weighted by atomic mass is 35.5. The van der Waals surface area contributed by atoms with E-state index < -0.39 is 0 Å². The van der Waals surface area contributed by atoms with Gasteiger partial charge in [-0.15, -0.1) is 0 Å². The van der Waals surface area contributed by atoms with E-state index in [0.29, 0.717) is 36.9 Å². The maximum Gasteiger partial charge on any atom is 0.321 e. The van der Waals surface area contributed by atoms with Gasteiger partial charge in [-0.2, -0.15) is 0 Å². The van der Waals surface area contributed by atoms with Crippen molar-refractivity contribution in [3.05, 3.63) is 65.2 Å². The fourth-order valence-electron chi connectivity index (χ4n) is 3.54. The highest BCUT2D eigenvalue weighted by Gasteiger charge is 2.31. The first-order valence-electron chi connectivity index (χ1n) is 9.61. The van der Waals surface area contributed by atoms with E-state index in [1.54, 1.807) is 29.2 Å². The van der Waals surface area contributed by atoms with Crippen molar-refractivity contribution in [1.82, 2.24) is 9.80 Å². The maximum atomic E-state index is 13.1. The van der Waals surface area contributed by atoms with E-state index in [9.17, 15) is 9.59 Å². The fourth-order valence-corrected chi connectivity index (χ4v) is 3.66. The molecule has 0 radical (unpaired) electrons. The Morgan fingerprint density at radius 3 is 2.04 bits per heavy atom. The van der Waals surface area contributed by atoms with Crippen LogP contribution in [-0.2, 0) is 4.79 Å². The number of anilines is 1. The van der Waals surface area contributed by atoms with Gasteiger partial charge >= 0.3 is 6.03 Å². The highest BCUT2D eigenvalue weighted by molar-refractivity contribution is 6.30. The van der Waals surface area contributed by atoms with Crippen LogP contribution in [0.3, 0.4) is 0 Å². The number of piperazine rings is 1. The van der Waals surface area contributed by atoms with Crippen molar-refractivity contribution in [3.8, 4) is 0 Å². The number of hydrogen-bond acceptors (Lipinski definition) is 2. The molecule has 28 heavy (non-hydrogen) atoms. The summed E-state index contributed by atoms with van der Waals surface area (Å²) in [7, 11) is 0. The molecule has 1 aliphatic rings. The predicted octanol–water partition coefficient (Wildman–Crippen LogP) is 4.46. The number of benzene rings is 2. The molecule has 0 bridgehead atoms. The molecule has 2 aromatic rings. The Morgan fingerprint density at radius 1 is 0.893 bits per heavy atom. The molecule has 3 rings (SSSR count). The molecule has 0 aromatic heterocycles. The van der Waals surface area contributed by atoms with Crippen LogP contribution in [0.2, 0.25) is 5.02 Å². The first-order chi connectivity index (χ1) is 13.5. The van der Waals surface area contributed by atoms with E-state index >= 15 is 0 Å². The molecular formula is C22H26ClN3O2. The van der Waals surface area contributed by atoms with Gasteiger partial charge in [-0.05, 0) is 35.7 Å². The molecule has 0 spiro atoms. The Hall–Kier alpha value is -2.53. The topological polar surface area (TPSA) is 52.7 Å². The monoisotopic (exact) mass is 399 g/mol. The second-order valence-electron chi connectivity index (χ2n) is 7.38. The Morgan fingerprint density at radius 2 is 1.46 bits per heavy atom. The number of rotatable bonds is 4. The van der Waals surface area contributed by atoms with Crippen LogP contribution in [0.25, 0.3) is 0 Å². The molecule has 1 heterocycles. The van der Waals surface area contributed by atoms with Gasteiger partial charge in [0.25, 0.3) is 0 Å². The summed E-state index contributed by atoms with van der Waals surface area (Å²) in [5.41, 5.74) is 1.75. The van der Waals surface area contributed by atoms with E-state index in [1.165, 1.54) is 0 Å². The SMILES string of the molecule is CC(C)C(C(=O)N1CCN(C(=O)Nc2ccc(Cl)cc2)CC1)c1ccccc1. The van der Waals surface area contributed by atoms with Gasteiger partial charge in [0.05, 0.1) is 5.92 Å². The zero-order chi connectivity index (χ0) is 20.1. The number of hydrogen-bond donors (Lipinski definition) is 1. The second kappa shape index (κ2) is 9.11. The lowest BCUT2D eigenvalue weighted by Crippen LogP contribution is -2.53. The number of nitrogens with zero attached hydrogens (tertiary/aromatic N) is 2. The van der Waals surface area contributed by atoms with Crippen LogP contribution in [0.1, 0.15) is 25.3 Å². The number of halogens is 1. The molecule has 5 nitrogen and oxygen atoms in total. The number of carbonyl (C=O) groups excluding carboxylic acids is 2. The largest absolute Gasteiger partial charge is 0.339 e. The number of nitrogens with one attached hydrogen (secondary N) is 1. The van der Waals surface area contributed by atoms with Gasteiger partial charge in [-0.25, -0.2) is 4.79 Å². The molecule has 1 N–H and O–H groups in total. The van der Waals surface area contributed by atoms with Gasteiger partial charge in [-0.3, -0.25) is 4.79 Å². The number of amides is 3. The average molecular weight is 400 g/mol. The molecule has 6 heteroatoms. The lowest BCUT2D eigenvalue weighted by atomic mass is 9.87. The van der Waals surface area contributed by atoms with E-state index in [0.717, 1.165) is 5.56 Å². The molecule has 1 fully saturated rings. The van der Waals surface area contributed by atoms with Gasteiger partial charge in [0.1, 0.15) is 0 Å². The molecule has 1 atom stereocenters. The smallest absolute Gasteiger partial charge is 0.321 e. The van der Waals surface area contributed by atoms with Crippen molar-refractivity contribution in [2.45, 2.75) is 19.8 Å². The Labute approximate surface area is 171 Å². The van der Waals surface area contributed by atoms with Gasteiger partial charge in [0.2, 0.25) is 5.91 Å². The predicted molar refractivity (Wildman–Crippen MR) is 113 cm³/mol. The number of carbonyl (C=O) groups is 2. The summed E-state index contributed by atoms with van der Waals surface area (Å²) >= 11 is 5.87. The van der Waals surface area contributed by atoms with Crippen molar-refractivity contribution in [2.75, 3.05) is 31.5 Å². The second-order valence-corrected chi connectivity index (χ2v) is 7.82. The average Bonchev–Trinajstić information content (AvgIpc) is 2.70. The third kappa shape index (κ3) is 4.84. The van der Waals surface area contributed by atoms with E-state index in [1.807, 2.05) is 35.2 Å². The summed E-state index contributed by atoms with van der Waals surface area (Å²) in [4.78, 5) is 29.2. The van der Waals surface area contributed by atoms with Crippen molar-refractivity contribution in [2.24, 2.45) is 5.92 Å². The van der Waals surface area contributed by atoms with Crippen molar-refractivity contribution < 1.29 is 9.59 Å². The standard InChI is InChI=1S/C22H26ClN3O2/c1-16(2)20(17-6-4-3-5-7-17)21(27)25-12-14-26(15-13-25)22(28)24-19-10-8-18(23)9-11-19/h3-11,16,20H,12-15H2,1-2H3,(H,24,28). The summed E-state index contributed by atoms with van der Waals surface area (Å²) in [6.07, 6.45) is 0. The summed E-state index contributed by atoms with van der Waals surface area (Å²) in [5, 5.41) is 3.50. The lowest BCUT2D eigenvalue weighted by Gasteiger charge is -2.37. The molecule has 1 aliphatic heterocycles. The minimum atomic E-state index is -0.157. The minimum absolute atomic E-state index is 0.138. The molecule has 0 saturated carbocycles. The van der Waals surface area contributed by atoms with Crippen LogP contribution >= 0.6 is 11.6 Å². The normalized spacial score (nSPS) is 15.4. The lowest BCUT2D eigenvalue weighted by molar-refractivity contribution is -0.135. The molecular weight excluding hydrogens is 374 g/mol. The van der Waals surface area contributed by atoms with Crippen LogP contribution in [0.5, 0.6) is 0 Å². The fraction of sp³-hybridized carbons (Fsp3) is 0.364. The molecule has 148 valence electrons. The summed E-state index contributed by atoms with van der Waals surface area (Å²) in [6, 6.07) is 16.8. The van der Waals surface area contributed by atoms with Gasteiger partial charge in [0.15, 0.2) is 0 Å². The van der Waals surface area contributed by atoms with Crippen LogP contribution < -0.4 is 5.32 Å². The first-order valence-corrected chi connectivity index (χ1v) is 9.98. The van der Waals surface area contributed by atoms with Gasteiger partial charge < -0.3 is 15.1 Å². The molecule has 0 aliphatic carbocycles. The quantitative estimate of drug-likeness (QED) is 0.825. The summed E-state index contributed by atoms with van der Waals surface area (Å²) in [6.45, 7) is 6.28. The van der Waals surface area contributed by atoms with Crippen molar-refractivity contribution in [3.63, 3.8) is 0 Å². The summed E-state index contributed by atoms with van der Waals surface area (Å²) in [5.74, 6) is 0.190. The third-order valence-corrected chi connectivity index (χ3v) is 5.32.